The maximum absolute atomic E-state index is 7.72. The predicted molar refractivity (Wildman–Crippen MR) is 70.3 cm³/mol. The number of nitrogens with one attached hydrogen (secondary N) is 2. The van der Waals surface area contributed by atoms with E-state index < -0.39 is 0 Å². The molecule has 0 amide bonds. The number of rotatable bonds is 3. The summed E-state index contributed by atoms with van der Waals surface area (Å²) < 4.78 is 0. The number of anilines is 1. The number of amidine groups is 1. The number of hydrogen-bond donors (Lipinski definition) is 2. The van der Waals surface area contributed by atoms with Crippen LogP contribution in [0.1, 0.15) is 18.9 Å². The summed E-state index contributed by atoms with van der Waals surface area (Å²) >= 11 is 7.54. The third-order valence-electron chi connectivity index (χ3n) is 1.91. The van der Waals surface area contributed by atoms with Gasteiger partial charge in [-0.15, -0.1) is 0 Å². The molecule has 0 radical (unpaired) electrons. The van der Waals surface area contributed by atoms with Gasteiger partial charge in [-0.3, -0.25) is 5.41 Å². The van der Waals surface area contributed by atoms with E-state index in [2.05, 4.69) is 12.2 Å². The molecule has 4 heteroatoms. The number of aryl methyl sites for hydroxylation is 1. The summed E-state index contributed by atoms with van der Waals surface area (Å²) in [6.07, 6.45) is 1.07. The van der Waals surface area contributed by atoms with Gasteiger partial charge in [0.1, 0.15) is 0 Å². The van der Waals surface area contributed by atoms with Crippen LogP contribution in [-0.2, 0) is 0 Å². The normalized spacial score (nSPS) is 10.1. The van der Waals surface area contributed by atoms with E-state index >= 15 is 0 Å². The minimum Gasteiger partial charge on any atom is -0.334 e. The van der Waals surface area contributed by atoms with Crippen LogP contribution in [0.3, 0.4) is 0 Å². The van der Waals surface area contributed by atoms with Crippen LogP contribution in [0.4, 0.5) is 5.69 Å². The second-order valence-corrected chi connectivity index (χ2v) is 4.75. The van der Waals surface area contributed by atoms with E-state index in [0.717, 1.165) is 23.4 Å². The molecule has 0 heterocycles. The lowest BCUT2D eigenvalue weighted by Crippen LogP contribution is -2.08. The molecule has 0 aliphatic rings. The summed E-state index contributed by atoms with van der Waals surface area (Å²) in [5, 5.41) is 11.9. The predicted octanol–water partition coefficient (Wildman–Crippen LogP) is 4.14. The van der Waals surface area contributed by atoms with Gasteiger partial charge in [0.25, 0.3) is 0 Å². The fraction of sp³-hybridized carbons (Fsp3) is 0.364. The molecule has 1 aromatic rings. The van der Waals surface area contributed by atoms with Gasteiger partial charge in [0.05, 0.1) is 10.7 Å². The molecule has 0 bridgehead atoms. The summed E-state index contributed by atoms with van der Waals surface area (Å²) in [5.41, 5.74) is 1.90. The van der Waals surface area contributed by atoms with Gasteiger partial charge in [-0.2, -0.15) is 0 Å². The highest BCUT2D eigenvalue weighted by Gasteiger charge is 2.05. The van der Waals surface area contributed by atoms with Crippen LogP contribution in [0, 0.1) is 12.3 Å². The van der Waals surface area contributed by atoms with Crippen molar-refractivity contribution in [3.63, 3.8) is 0 Å². The molecule has 0 aromatic heterocycles. The second kappa shape index (κ2) is 6.03. The van der Waals surface area contributed by atoms with E-state index in [1.807, 2.05) is 25.1 Å². The first-order chi connectivity index (χ1) is 7.15. The van der Waals surface area contributed by atoms with Gasteiger partial charge < -0.3 is 5.32 Å². The summed E-state index contributed by atoms with van der Waals surface area (Å²) in [5.74, 6) is 0.954. The fourth-order valence-corrected chi connectivity index (χ4v) is 2.00. The molecule has 0 spiro atoms. The molecular formula is C11H15ClN2S. The number of hydrogen-bond acceptors (Lipinski definition) is 2. The summed E-state index contributed by atoms with van der Waals surface area (Å²) in [6.45, 7) is 4.08. The Bertz CT molecular complexity index is 332. The van der Waals surface area contributed by atoms with Crippen molar-refractivity contribution >= 4 is 34.2 Å². The largest absolute Gasteiger partial charge is 0.334 e. The van der Waals surface area contributed by atoms with Crippen LogP contribution in [0.5, 0.6) is 0 Å². The van der Waals surface area contributed by atoms with Crippen molar-refractivity contribution < 1.29 is 0 Å². The van der Waals surface area contributed by atoms with Crippen LogP contribution in [0.25, 0.3) is 0 Å². The summed E-state index contributed by atoms with van der Waals surface area (Å²) in [6, 6.07) is 5.71. The molecule has 1 rings (SSSR count). The lowest BCUT2D eigenvalue weighted by molar-refractivity contribution is 1.11. The van der Waals surface area contributed by atoms with Crippen molar-refractivity contribution in [3.05, 3.63) is 28.8 Å². The van der Waals surface area contributed by atoms with E-state index in [4.69, 9.17) is 17.0 Å². The van der Waals surface area contributed by atoms with Gasteiger partial charge in [0.15, 0.2) is 5.17 Å². The molecule has 2 nitrogen and oxygen atoms in total. The first-order valence-corrected chi connectivity index (χ1v) is 6.25. The van der Waals surface area contributed by atoms with Crippen molar-refractivity contribution in [2.75, 3.05) is 11.1 Å². The highest BCUT2D eigenvalue weighted by atomic mass is 35.5. The Morgan fingerprint density at radius 3 is 2.87 bits per heavy atom. The first-order valence-electron chi connectivity index (χ1n) is 4.88. The van der Waals surface area contributed by atoms with Gasteiger partial charge in [-0.1, -0.05) is 42.4 Å². The van der Waals surface area contributed by atoms with E-state index in [1.165, 1.54) is 11.8 Å². The minimum atomic E-state index is 0.452. The zero-order chi connectivity index (χ0) is 11.3. The lowest BCUT2D eigenvalue weighted by Gasteiger charge is -2.11. The van der Waals surface area contributed by atoms with Gasteiger partial charge in [-0.05, 0) is 25.0 Å². The molecule has 0 aliphatic carbocycles. The van der Waals surface area contributed by atoms with Gasteiger partial charge in [-0.25, -0.2) is 0 Å². The first kappa shape index (κ1) is 12.4. The van der Waals surface area contributed by atoms with Crippen LogP contribution in [0.2, 0.25) is 5.02 Å². The number of thioether (sulfide) groups is 1. The Morgan fingerprint density at radius 2 is 2.27 bits per heavy atom. The molecule has 1 aromatic carbocycles. The fourth-order valence-electron chi connectivity index (χ4n) is 1.14. The van der Waals surface area contributed by atoms with Crippen molar-refractivity contribution in [1.29, 1.82) is 5.41 Å². The zero-order valence-electron chi connectivity index (χ0n) is 8.93. The standard InChI is InChI=1S/C11H15ClN2S/c1-3-7-15-11(13)14-10-8(2)5-4-6-9(10)12/h4-6H,3,7H2,1-2H3,(H2,13,14). The molecule has 0 fully saturated rings. The monoisotopic (exact) mass is 242 g/mol. The third kappa shape index (κ3) is 3.76. The lowest BCUT2D eigenvalue weighted by atomic mass is 10.2. The van der Waals surface area contributed by atoms with Crippen LogP contribution in [-0.4, -0.2) is 10.9 Å². The molecule has 0 aliphatic heterocycles. The van der Waals surface area contributed by atoms with Crippen LogP contribution in [0.15, 0.2) is 18.2 Å². The number of halogens is 1. The van der Waals surface area contributed by atoms with Crippen molar-refractivity contribution in [2.45, 2.75) is 20.3 Å². The Kier molecular flexibility index (Phi) is 4.99. The average molecular weight is 243 g/mol. The maximum atomic E-state index is 7.72. The SMILES string of the molecule is CCCSC(=N)Nc1c(C)cccc1Cl. The third-order valence-corrected chi connectivity index (χ3v) is 3.23. The number of para-hydroxylation sites is 1. The molecule has 0 unspecified atom stereocenters. The Hall–Kier alpha value is -0.670. The summed E-state index contributed by atoms with van der Waals surface area (Å²) in [7, 11) is 0. The molecule has 0 saturated carbocycles. The minimum absolute atomic E-state index is 0.452. The Labute approximate surface area is 99.9 Å². The van der Waals surface area contributed by atoms with E-state index in [-0.39, 0.29) is 0 Å². The average Bonchev–Trinajstić information content (AvgIpc) is 2.21. The molecule has 0 atom stereocenters. The maximum Gasteiger partial charge on any atom is 0.158 e. The topological polar surface area (TPSA) is 35.9 Å². The van der Waals surface area contributed by atoms with Crippen LogP contribution >= 0.6 is 23.4 Å². The molecule has 15 heavy (non-hydrogen) atoms. The Balaban J connectivity index is 2.68. The zero-order valence-corrected chi connectivity index (χ0v) is 10.5. The smallest absolute Gasteiger partial charge is 0.158 e. The van der Waals surface area contributed by atoms with E-state index in [9.17, 15) is 0 Å². The highest BCUT2D eigenvalue weighted by molar-refractivity contribution is 8.14. The van der Waals surface area contributed by atoms with Gasteiger partial charge in [0.2, 0.25) is 0 Å². The van der Waals surface area contributed by atoms with Crippen molar-refractivity contribution in [1.82, 2.24) is 0 Å². The summed E-state index contributed by atoms with van der Waals surface area (Å²) in [4.78, 5) is 0. The van der Waals surface area contributed by atoms with E-state index in [1.54, 1.807) is 0 Å². The highest BCUT2D eigenvalue weighted by Crippen LogP contribution is 2.26. The van der Waals surface area contributed by atoms with Gasteiger partial charge >= 0.3 is 0 Å². The van der Waals surface area contributed by atoms with Gasteiger partial charge in [0, 0.05) is 5.75 Å². The number of benzene rings is 1. The Morgan fingerprint density at radius 1 is 1.53 bits per heavy atom. The van der Waals surface area contributed by atoms with E-state index in [0.29, 0.717) is 10.2 Å². The van der Waals surface area contributed by atoms with Crippen molar-refractivity contribution in [2.24, 2.45) is 0 Å². The van der Waals surface area contributed by atoms with Crippen LogP contribution < -0.4 is 5.32 Å². The van der Waals surface area contributed by atoms with Crippen molar-refractivity contribution in [3.8, 4) is 0 Å². The molecule has 2 N–H and O–H groups in total. The molecule has 82 valence electrons. The second-order valence-electron chi connectivity index (χ2n) is 3.23. The molecular weight excluding hydrogens is 228 g/mol. The molecule has 0 saturated heterocycles. The quantitative estimate of drug-likeness (QED) is 0.617.